The SMILES string of the molecule is NCC#Cc1ccc(OCCc2ccccn2)cc1F. The largest absolute Gasteiger partial charge is 0.493 e. The molecule has 2 N–H and O–H groups in total. The molecule has 0 aliphatic rings. The van der Waals surface area contributed by atoms with Crippen molar-refractivity contribution in [1.29, 1.82) is 0 Å². The molecule has 4 heteroatoms. The molecule has 0 fully saturated rings. The second kappa shape index (κ2) is 7.27. The molecule has 0 atom stereocenters. The van der Waals surface area contributed by atoms with Crippen molar-refractivity contribution in [3.05, 3.63) is 59.7 Å². The predicted molar refractivity (Wildman–Crippen MR) is 75.8 cm³/mol. The first-order chi connectivity index (χ1) is 9.79. The molecular weight excluding hydrogens is 255 g/mol. The van der Waals surface area contributed by atoms with Crippen LogP contribution in [0.15, 0.2) is 42.6 Å². The van der Waals surface area contributed by atoms with Crippen molar-refractivity contribution in [1.82, 2.24) is 4.98 Å². The Labute approximate surface area is 117 Å². The third-order valence-corrected chi connectivity index (χ3v) is 2.62. The fourth-order valence-corrected chi connectivity index (χ4v) is 1.65. The lowest BCUT2D eigenvalue weighted by atomic mass is 10.2. The number of hydrogen-bond acceptors (Lipinski definition) is 3. The molecule has 0 unspecified atom stereocenters. The van der Waals surface area contributed by atoms with Crippen molar-refractivity contribution in [2.75, 3.05) is 13.2 Å². The van der Waals surface area contributed by atoms with Gasteiger partial charge in [0.05, 0.1) is 18.7 Å². The fraction of sp³-hybridized carbons (Fsp3) is 0.188. The lowest BCUT2D eigenvalue weighted by Gasteiger charge is -2.06. The molecule has 1 aromatic heterocycles. The Morgan fingerprint density at radius 2 is 2.15 bits per heavy atom. The smallest absolute Gasteiger partial charge is 0.142 e. The van der Waals surface area contributed by atoms with Crippen LogP contribution in [0.2, 0.25) is 0 Å². The highest BCUT2D eigenvalue weighted by molar-refractivity contribution is 5.39. The minimum atomic E-state index is -0.402. The van der Waals surface area contributed by atoms with Gasteiger partial charge in [0.15, 0.2) is 0 Å². The normalized spacial score (nSPS) is 9.70. The van der Waals surface area contributed by atoms with E-state index in [0.29, 0.717) is 24.3 Å². The molecule has 0 spiro atoms. The Balaban J connectivity index is 1.92. The van der Waals surface area contributed by atoms with Crippen molar-refractivity contribution in [2.24, 2.45) is 5.73 Å². The van der Waals surface area contributed by atoms with Crippen LogP contribution in [-0.2, 0) is 6.42 Å². The highest BCUT2D eigenvalue weighted by Crippen LogP contribution is 2.16. The zero-order chi connectivity index (χ0) is 14.2. The van der Waals surface area contributed by atoms with Gasteiger partial charge < -0.3 is 10.5 Å². The highest BCUT2D eigenvalue weighted by Gasteiger charge is 2.02. The molecular formula is C16H15FN2O. The summed E-state index contributed by atoms with van der Waals surface area (Å²) in [6, 6.07) is 10.3. The highest BCUT2D eigenvalue weighted by atomic mass is 19.1. The van der Waals surface area contributed by atoms with Crippen LogP contribution in [0, 0.1) is 17.7 Å². The van der Waals surface area contributed by atoms with Gasteiger partial charge in [-0.1, -0.05) is 17.9 Å². The van der Waals surface area contributed by atoms with Crippen LogP contribution in [0.3, 0.4) is 0 Å². The zero-order valence-electron chi connectivity index (χ0n) is 11.0. The summed E-state index contributed by atoms with van der Waals surface area (Å²) in [4.78, 5) is 4.19. The average molecular weight is 270 g/mol. The second-order valence-corrected chi connectivity index (χ2v) is 4.07. The van der Waals surface area contributed by atoms with E-state index in [0.717, 1.165) is 5.69 Å². The fourth-order valence-electron chi connectivity index (χ4n) is 1.65. The predicted octanol–water partition coefficient (Wildman–Crippen LogP) is 2.15. The van der Waals surface area contributed by atoms with Crippen LogP contribution in [-0.4, -0.2) is 18.1 Å². The number of benzene rings is 1. The first kappa shape index (κ1) is 14.0. The van der Waals surface area contributed by atoms with Gasteiger partial charge >= 0.3 is 0 Å². The maximum atomic E-state index is 13.7. The molecule has 1 aromatic carbocycles. The lowest BCUT2D eigenvalue weighted by Crippen LogP contribution is -2.03. The van der Waals surface area contributed by atoms with Gasteiger partial charge in [0.25, 0.3) is 0 Å². The Morgan fingerprint density at radius 1 is 1.25 bits per heavy atom. The van der Waals surface area contributed by atoms with Gasteiger partial charge in [-0.25, -0.2) is 4.39 Å². The monoisotopic (exact) mass is 270 g/mol. The standard InChI is InChI=1S/C16H15FN2O/c17-16-12-15(7-6-13(16)4-3-9-18)20-11-8-14-5-1-2-10-19-14/h1-2,5-7,10,12H,8-9,11,18H2. The van der Waals surface area contributed by atoms with Gasteiger partial charge in [0, 0.05) is 24.4 Å². The Hall–Kier alpha value is -2.38. The summed E-state index contributed by atoms with van der Waals surface area (Å²) in [5.41, 5.74) is 6.52. The average Bonchev–Trinajstić information content (AvgIpc) is 2.47. The van der Waals surface area contributed by atoms with E-state index < -0.39 is 5.82 Å². The molecule has 0 saturated heterocycles. The molecule has 102 valence electrons. The van der Waals surface area contributed by atoms with E-state index in [1.807, 2.05) is 18.2 Å². The number of halogens is 1. The number of ether oxygens (including phenoxy) is 1. The maximum absolute atomic E-state index is 13.7. The van der Waals surface area contributed by atoms with Gasteiger partial charge in [-0.2, -0.15) is 0 Å². The van der Waals surface area contributed by atoms with Crippen molar-refractivity contribution in [2.45, 2.75) is 6.42 Å². The zero-order valence-corrected chi connectivity index (χ0v) is 11.0. The molecule has 3 nitrogen and oxygen atoms in total. The minimum absolute atomic E-state index is 0.210. The third kappa shape index (κ3) is 4.08. The summed E-state index contributed by atoms with van der Waals surface area (Å²) in [6.45, 7) is 0.659. The molecule has 2 rings (SSSR count). The first-order valence-corrected chi connectivity index (χ1v) is 6.31. The summed E-state index contributed by atoms with van der Waals surface area (Å²) in [5.74, 6) is 5.37. The van der Waals surface area contributed by atoms with Crippen LogP contribution in [0.5, 0.6) is 5.75 Å². The molecule has 20 heavy (non-hydrogen) atoms. The summed E-state index contributed by atoms with van der Waals surface area (Å²) in [6.07, 6.45) is 2.41. The van der Waals surface area contributed by atoms with Gasteiger partial charge in [0.2, 0.25) is 0 Å². The van der Waals surface area contributed by atoms with E-state index in [9.17, 15) is 4.39 Å². The first-order valence-electron chi connectivity index (χ1n) is 6.31. The topological polar surface area (TPSA) is 48.1 Å². The van der Waals surface area contributed by atoms with Crippen molar-refractivity contribution in [3.63, 3.8) is 0 Å². The van der Waals surface area contributed by atoms with Crippen molar-refractivity contribution < 1.29 is 9.13 Å². The number of nitrogens with two attached hydrogens (primary N) is 1. The van der Waals surface area contributed by atoms with E-state index in [1.165, 1.54) is 6.07 Å². The second-order valence-electron chi connectivity index (χ2n) is 4.07. The third-order valence-electron chi connectivity index (χ3n) is 2.62. The number of rotatable bonds is 4. The molecule has 2 aromatic rings. The van der Waals surface area contributed by atoms with Crippen LogP contribution in [0.25, 0.3) is 0 Å². The lowest BCUT2D eigenvalue weighted by molar-refractivity contribution is 0.319. The van der Waals surface area contributed by atoms with Gasteiger partial charge in [-0.15, -0.1) is 0 Å². The maximum Gasteiger partial charge on any atom is 0.142 e. The van der Waals surface area contributed by atoms with Gasteiger partial charge in [-0.05, 0) is 24.3 Å². The van der Waals surface area contributed by atoms with Gasteiger partial charge in [-0.3, -0.25) is 4.98 Å². The van der Waals surface area contributed by atoms with Crippen LogP contribution in [0.4, 0.5) is 4.39 Å². The summed E-state index contributed by atoms with van der Waals surface area (Å²) >= 11 is 0. The number of nitrogens with zero attached hydrogens (tertiary/aromatic N) is 1. The van der Waals surface area contributed by atoms with Gasteiger partial charge in [0.1, 0.15) is 11.6 Å². The Kier molecular flexibility index (Phi) is 5.10. The van der Waals surface area contributed by atoms with E-state index >= 15 is 0 Å². The molecule has 0 radical (unpaired) electrons. The molecule has 0 bridgehead atoms. The van der Waals surface area contributed by atoms with E-state index in [-0.39, 0.29) is 6.54 Å². The molecule has 0 amide bonds. The van der Waals surface area contributed by atoms with Crippen molar-refractivity contribution >= 4 is 0 Å². The van der Waals surface area contributed by atoms with Crippen molar-refractivity contribution in [3.8, 4) is 17.6 Å². The summed E-state index contributed by atoms with van der Waals surface area (Å²) < 4.78 is 19.2. The summed E-state index contributed by atoms with van der Waals surface area (Å²) in [5, 5.41) is 0. The van der Waals surface area contributed by atoms with E-state index in [4.69, 9.17) is 10.5 Å². The quantitative estimate of drug-likeness (QED) is 0.866. The van der Waals surface area contributed by atoms with E-state index in [2.05, 4.69) is 16.8 Å². The number of pyridine rings is 1. The van der Waals surface area contributed by atoms with Crippen LogP contribution in [0.1, 0.15) is 11.3 Å². The number of hydrogen-bond donors (Lipinski definition) is 1. The molecule has 1 heterocycles. The Bertz CT molecular complexity index is 617. The van der Waals surface area contributed by atoms with Crippen LogP contribution >= 0.6 is 0 Å². The Morgan fingerprint density at radius 3 is 2.85 bits per heavy atom. The molecule has 0 saturated carbocycles. The van der Waals surface area contributed by atoms with Crippen LogP contribution < -0.4 is 10.5 Å². The molecule has 0 aliphatic carbocycles. The minimum Gasteiger partial charge on any atom is -0.493 e. The van der Waals surface area contributed by atoms with E-state index in [1.54, 1.807) is 18.3 Å². The number of aromatic nitrogens is 1. The summed E-state index contributed by atoms with van der Waals surface area (Å²) in [7, 11) is 0. The molecule has 0 aliphatic heterocycles.